The van der Waals surface area contributed by atoms with E-state index in [4.69, 9.17) is 0 Å². The summed E-state index contributed by atoms with van der Waals surface area (Å²) in [5.41, 5.74) is 2.64. The Hall–Kier alpha value is -3.49. The molecule has 0 radical (unpaired) electrons. The number of rotatable bonds is 3. The molecule has 0 saturated carbocycles. The fourth-order valence-corrected chi connectivity index (χ4v) is 3.69. The van der Waals surface area contributed by atoms with Gasteiger partial charge < -0.3 is 19.6 Å². The molecule has 9 nitrogen and oxygen atoms in total. The first-order chi connectivity index (χ1) is 13.2. The molecule has 5 heterocycles. The molecule has 0 bridgehead atoms. The van der Waals surface area contributed by atoms with Crippen LogP contribution in [0.1, 0.15) is 23.8 Å². The van der Waals surface area contributed by atoms with Crippen LogP contribution in [0.5, 0.6) is 0 Å². The number of pyridine rings is 1. The number of fused-ring (bicyclic) bond motifs is 2. The van der Waals surface area contributed by atoms with Gasteiger partial charge in [0.05, 0.1) is 12.4 Å². The molecular weight excluding hydrogens is 344 g/mol. The first kappa shape index (κ1) is 15.7. The van der Waals surface area contributed by atoms with E-state index in [0.717, 1.165) is 29.9 Å². The van der Waals surface area contributed by atoms with Gasteiger partial charge in [-0.25, -0.2) is 19.9 Å². The summed E-state index contributed by atoms with van der Waals surface area (Å²) in [5.74, 6) is 0.654. The third-order valence-electron chi connectivity index (χ3n) is 5.14. The van der Waals surface area contributed by atoms with E-state index in [1.165, 1.54) is 6.33 Å². The van der Waals surface area contributed by atoms with Crippen LogP contribution < -0.4 is 10.2 Å². The van der Waals surface area contributed by atoms with E-state index < -0.39 is 0 Å². The fourth-order valence-electron chi connectivity index (χ4n) is 3.69. The Balaban J connectivity index is 1.36. The molecule has 1 fully saturated rings. The van der Waals surface area contributed by atoms with Crippen LogP contribution in [-0.2, 0) is 0 Å². The van der Waals surface area contributed by atoms with Crippen molar-refractivity contribution in [2.24, 2.45) is 0 Å². The number of nitrogens with one attached hydrogen (secondary N) is 2. The highest BCUT2D eigenvalue weighted by Crippen LogP contribution is 2.28. The second-order valence-corrected chi connectivity index (χ2v) is 6.69. The zero-order chi connectivity index (χ0) is 18.4. The van der Waals surface area contributed by atoms with Crippen molar-refractivity contribution in [1.82, 2.24) is 34.6 Å². The monoisotopic (exact) mass is 362 g/mol. The summed E-state index contributed by atoms with van der Waals surface area (Å²) >= 11 is 0. The third-order valence-corrected chi connectivity index (χ3v) is 5.14. The quantitative estimate of drug-likeness (QED) is 0.571. The van der Waals surface area contributed by atoms with Gasteiger partial charge in [-0.15, -0.1) is 0 Å². The molecule has 0 spiro atoms. The lowest BCUT2D eigenvalue weighted by Crippen LogP contribution is -2.43. The Morgan fingerprint density at radius 3 is 3.11 bits per heavy atom. The van der Waals surface area contributed by atoms with E-state index in [1.807, 2.05) is 28.8 Å². The van der Waals surface area contributed by atoms with Gasteiger partial charge in [0.25, 0.3) is 5.91 Å². The number of anilines is 1. The van der Waals surface area contributed by atoms with Crippen LogP contribution in [0.15, 0.2) is 43.2 Å². The van der Waals surface area contributed by atoms with Gasteiger partial charge in [-0.2, -0.15) is 0 Å². The van der Waals surface area contributed by atoms with E-state index in [9.17, 15) is 4.79 Å². The maximum absolute atomic E-state index is 12.7. The largest absolute Gasteiger partial charge is 0.350 e. The zero-order valence-corrected chi connectivity index (χ0v) is 14.7. The topological polar surface area (TPSA) is 104 Å². The lowest BCUT2D eigenvalue weighted by atomic mass is 10.1. The molecule has 1 aliphatic rings. The predicted octanol–water partition coefficient (Wildman–Crippen LogP) is 1.40. The van der Waals surface area contributed by atoms with Crippen molar-refractivity contribution in [3.05, 3.63) is 48.9 Å². The van der Waals surface area contributed by atoms with Gasteiger partial charge in [0, 0.05) is 25.0 Å². The average Bonchev–Trinajstić information content (AvgIpc) is 3.40. The molecule has 27 heavy (non-hydrogen) atoms. The molecule has 1 amide bonds. The number of H-pyrrole nitrogens is 1. The van der Waals surface area contributed by atoms with Crippen molar-refractivity contribution in [2.45, 2.75) is 25.4 Å². The lowest BCUT2D eigenvalue weighted by Gasteiger charge is -2.26. The van der Waals surface area contributed by atoms with Gasteiger partial charge >= 0.3 is 0 Å². The highest BCUT2D eigenvalue weighted by Gasteiger charge is 2.34. The van der Waals surface area contributed by atoms with Crippen LogP contribution in [0.2, 0.25) is 0 Å². The van der Waals surface area contributed by atoms with Crippen LogP contribution in [0.3, 0.4) is 0 Å². The minimum Gasteiger partial charge on any atom is -0.350 e. The first-order valence-corrected chi connectivity index (χ1v) is 8.86. The second kappa shape index (κ2) is 6.04. The van der Waals surface area contributed by atoms with E-state index in [1.54, 1.807) is 12.5 Å². The molecule has 0 aliphatic carbocycles. The molecule has 4 aromatic heterocycles. The number of nitrogens with zero attached hydrogens (tertiary/aromatic N) is 6. The van der Waals surface area contributed by atoms with Crippen molar-refractivity contribution < 1.29 is 4.79 Å². The molecule has 1 aliphatic heterocycles. The average molecular weight is 362 g/mol. The third kappa shape index (κ3) is 2.59. The first-order valence-electron chi connectivity index (χ1n) is 8.86. The van der Waals surface area contributed by atoms with Gasteiger partial charge in [0.1, 0.15) is 23.2 Å². The number of hydrogen-bond donors (Lipinski definition) is 2. The number of carbonyl (C=O) groups is 1. The molecule has 136 valence electrons. The van der Waals surface area contributed by atoms with Crippen molar-refractivity contribution in [3.63, 3.8) is 0 Å². The number of aromatic nitrogens is 6. The Bertz CT molecular complexity index is 1100. The van der Waals surface area contributed by atoms with E-state index in [-0.39, 0.29) is 18.0 Å². The smallest absolute Gasteiger partial charge is 0.271 e. The van der Waals surface area contributed by atoms with Crippen molar-refractivity contribution in [2.75, 3.05) is 11.4 Å². The van der Waals surface area contributed by atoms with Crippen molar-refractivity contribution in [1.29, 1.82) is 0 Å². The SMILES string of the molecule is C[C@@H]1[C@@H](NC(=O)c2cn3ccccc3n2)CCN1c1ncnc2nc[nH]c12. The molecular formula is C18H18N8O. The fraction of sp³-hybridized carbons (Fsp3) is 0.278. The van der Waals surface area contributed by atoms with Crippen LogP contribution in [0.4, 0.5) is 5.82 Å². The van der Waals surface area contributed by atoms with E-state index in [2.05, 4.69) is 42.1 Å². The van der Waals surface area contributed by atoms with Crippen LogP contribution >= 0.6 is 0 Å². The summed E-state index contributed by atoms with van der Waals surface area (Å²) in [6.07, 6.45) is 7.60. The van der Waals surface area contributed by atoms with Gasteiger partial charge in [-0.1, -0.05) is 6.07 Å². The summed E-state index contributed by atoms with van der Waals surface area (Å²) in [4.78, 5) is 35.1. The molecule has 9 heteroatoms. The van der Waals surface area contributed by atoms with E-state index >= 15 is 0 Å². The number of carbonyl (C=O) groups excluding carboxylic acids is 1. The van der Waals surface area contributed by atoms with Gasteiger partial charge in [-0.05, 0) is 25.5 Å². The van der Waals surface area contributed by atoms with Gasteiger partial charge in [0.15, 0.2) is 11.5 Å². The lowest BCUT2D eigenvalue weighted by molar-refractivity contribution is 0.0931. The maximum Gasteiger partial charge on any atom is 0.271 e. The number of hydrogen-bond acceptors (Lipinski definition) is 6. The molecule has 4 aromatic rings. The normalized spacial score (nSPS) is 19.8. The minimum atomic E-state index is -0.160. The van der Waals surface area contributed by atoms with Crippen LogP contribution in [-0.4, -0.2) is 53.9 Å². The highest BCUT2D eigenvalue weighted by molar-refractivity contribution is 5.93. The summed E-state index contributed by atoms with van der Waals surface area (Å²) in [7, 11) is 0. The Morgan fingerprint density at radius 2 is 2.22 bits per heavy atom. The summed E-state index contributed by atoms with van der Waals surface area (Å²) in [6.45, 7) is 2.88. The Labute approximate surface area is 154 Å². The van der Waals surface area contributed by atoms with E-state index in [0.29, 0.717) is 11.3 Å². The molecule has 2 atom stereocenters. The summed E-state index contributed by atoms with van der Waals surface area (Å²) < 4.78 is 1.84. The molecule has 5 rings (SSSR count). The minimum absolute atomic E-state index is 0.00949. The number of aromatic amines is 1. The van der Waals surface area contributed by atoms with Crippen LogP contribution in [0.25, 0.3) is 16.8 Å². The summed E-state index contributed by atoms with van der Waals surface area (Å²) in [6, 6.07) is 5.79. The zero-order valence-electron chi connectivity index (χ0n) is 14.7. The van der Waals surface area contributed by atoms with Gasteiger partial charge in [-0.3, -0.25) is 4.79 Å². The predicted molar refractivity (Wildman–Crippen MR) is 99.6 cm³/mol. The Morgan fingerprint density at radius 1 is 1.30 bits per heavy atom. The molecule has 0 aromatic carbocycles. The van der Waals surface area contributed by atoms with Crippen molar-refractivity contribution >= 4 is 28.5 Å². The van der Waals surface area contributed by atoms with Gasteiger partial charge in [0.2, 0.25) is 0 Å². The highest BCUT2D eigenvalue weighted by atomic mass is 16.2. The molecule has 2 N–H and O–H groups in total. The van der Waals surface area contributed by atoms with Crippen molar-refractivity contribution in [3.8, 4) is 0 Å². The number of amides is 1. The standard InChI is InChI=1S/C18H18N8O/c1-11-12(24-18(27)13-8-25-6-3-2-4-14(25)23-13)5-7-26(11)17-15-16(20-9-19-15)21-10-22-17/h2-4,6,8-12H,5,7H2,1H3,(H,24,27)(H,19,20,21,22)/t11-,12+/m1/s1. The molecule has 0 unspecified atom stereocenters. The maximum atomic E-state index is 12.7. The second-order valence-electron chi connectivity index (χ2n) is 6.69. The van der Waals surface area contributed by atoms with Crippen LogP contribution in [0, 0.1) is 0 Å². The molecule has 1 saturated heterocycles. The number of imidazole rings is 2. The Kier molecular flexibility index (Phi) is 3.52. The summed E-state index contributed by atoms with van der Waals surface area (Å²) in [5, 5.41) is 3.12.